The topological polar surface area (TPSA) is 81.5 Å². The molecule has 1 rings (SSSR count). The molecule has 1 aromatic carbocycles. The minimum atomic E-state index is -0.410. The first-order valence-electron chi connectivity index (χ1n) is 7.27. The largest absolute Gasteiger partial charge is 0.370 e. The summed E-state index contributed by atoms with van der Waals surface area (Å²) in [7, 11) is 0. The van der Waals surface area contributed by atoms with Crippen molar-refractivity contribution >= 4 is 11.9 Å². The van der Waals surface area contributed by atoms with Gasteiger partial charge in [-0.05, 0) is 24.1 Å². The van der Waals surface area contributed by atoms with Crippen LogP contribution in [0.15, 0.2) is 29.3 Å². The molecule has 0 aliphatic carbocycles. The average molecular weight is 279 g/mol. The standard InChI is InChI=1S/C10H13N3O.C4H10.C2H6/c1-2-7-3-5-8(6-4-7)9(14)13-10(11)12;1-3-4-2;1-2/h3-6H,2H2,1H3,(H4,11,12,13,14);3-4H2,1-2H3;1-2H3. The summed E-state index contributed by atoms with van der Waals surface area (Å²) in [6, 6.07) is 7.20. The number of benzene rings is 1. The molecule has 0 fully saturated rings. The Labute approximate surface area is 123 Å². The fourth-order valence-electron chi connectivity index (χ4n) is 1.06. The molecule has 0 spiro atoms. The molecule has 4 nitrogen and oxygen atoms in total. The second kappa shape index (κ2) is 13.6. The fraction of sp³-hybridized carbons (Fsp3) is 0.500. The highest BCUT2D eigenvalue weighted by Gasteiger charge is 2.03. The molecule has 0 aliphatic rings. The molecule has 0 unspecified atom stereocenters. The van der Waals surface area contributed by atoms with E-state index < -0.39 is 5.91 Å². The van der Waals surface area contributed by atoms with Crippen molar-refractivity contribution in [2.75, 3.05) is 0 Å². The van der Waals surface area contributed by atoms with Crippen LogP contribution in [-0.4, -0.2) is 11.9 Å². The Morgan fingerprint density at radius 1 is 1.00 bits per heavy atom. The zero-order valence-corrected chi connectivity index (χ0v) is 13.4. The molecule has 0 heterocycles. The normalized spacial score (nSPS) is 8.45. The summed E-state index contributed by atoms with van der Waals surface area (Å²) in [6.07, 6.45) is 3.58. The maximum Gasteiger partial charge on any atom is 0.280 e. The third-order valence-corrected chi connectivity index (χ3v) is 2.34. The molecule has 0 saturated heterocycles. The number of nitrogens with zero attached hydrogens (tertiary/aromatic N) is 1. The van der Waals surface area contributed by atoms with Gasteiger partial charge in [-0.1, -0.05) is 59.6 Å². The van der Waals surface area contributed by atoms with Crippen molar-refractivity contribution in [3.05, 3.63) is 35.4 Å². The number of aliphatic imine (C=N–C) groups is 1. The number of aryl methyl sites for hydroxylation is 1. The molecule has 0 aromatic heterocycles. The summed E-state index contributed by atoms with van der Waals surface area (Å²) in [5.41, 5.74) is 11.9. The SMILES string of the molecule is CC.CCCC.CCc1ccc(C(=O)N=C(N)N)cc1. The quantitative estimate of drug-likeness (QED) is 0.656. The molecule has 0 radical (unpaired) electrons. The Balaban J connectivity index is 0. The van der Waals surface area contributed by atoms with E-state index in [-0.39, 0.29) is 5.96 Å². The third-order valence-electron chi connectivity index (χ3n) is 2.34. The number of unbranched alkanes of at least 4 members (excludes halogenated alkanes) is 1. The zero-order valence-electron chi connectivity index (χ0n) is 13.4. The van der Waals surface area contributed by atoms with Crippen molar-refractivity contribution in [2.24, 2.45) is 16.5 Å². The van der Waals surface area contributed by atoms with E-state index in [0.29, 0.717) is 5.56 Å². The Morgan fingerprint density at radius 3 is 1.75 bits per heavy atom. The van der Waals surface area contributed by atoms with Crippen LogP contribution < -0.4 is 11.5 Å². The first kappa shape index (κ1) is 20.5. The van der Waals surface area contributed by atoms with Crippen molar-refractivity contribution in [1.29, 1.82) is 0 Å². The van der Waals surface area contributed by atoms with Gasteiger partial charge in [0.2, 0.25) is 0 Å². The third kappa shape index (κ3) is 10.1. The Kier molecular flexibility index (Phi) is 13.9. The predicted octanol–water partition coefficient (Wildman–Crippen LogP) is 3.50. The number of hydrogen-bond donors (Lipinski definition) is 2. The smallest absolute Gasteiger partial charge is 0.280 e. The first-order chi connectivity index (χ1) is 9.54. The van der Waals surface area contributed by atoms with Gasteiger partial charge in [0, 0.05) is 5.56 Å². The predicted molar refractivity (Wildman–Crippen MR) is 87.9 cm³/mol. The van der Waals surface area contributed by atoms with E-state index in [1.165, 1.54) is 18.4 Å². The van der Waals surface area contributed by atoms with E-state index >= 15 is 0 Å². The number of guanidine groups is 1. The van der Waals surface area contributed by atoms with Crippen LogP contribution in [0.5, 0.6) is 0 Å². The van der Waals surface area contributed by atoms with Crippen molar-refractivity contribution in [3.63, 3.8) is 0 Å². The van der Waals surface area contributed by atoms with Crippen LogP contribution in [0, 0.1) is 0 Å². The summed E-state index contributed by atoms with van der Waals surface area (Å²) < 4.78 is 0. The Hall–Kier alpha value is -1.84. The second-order valence-corrected chi connectivity index (χ2v) is 3.89. The summed E-state index contributed by atoms with van der Waals surface area (Å²) in [6.45, 7) is 10.4. The van der Waals surface area contributed by atoms with Gasteiger partial charge < -0.3 is 11.5 Å². The van der Waals surface area contributed by atoms with Crippen LogP contribution >= 0.6 is 0 Å². The van der Waals surface area contributed by atoms with Gasteiger partial charge in [0.05, 0.1) is 0 Å². The van der Waals surface area contributed by atoms with Gasteiger partial charge in [-0.15, -0.1) is 0 Å². The van der Waals surface area contributed by atoms with Crippen LogP contribution in [0.2, 0.25) is 0 Å². The van der Waals surface area contributed by atoms with Crippen LogP contribution in [0.4, 0.5) is 0 Å². The summed E-state index contributed by atoms with van der Waals surface area (Å²) in [5.74, 6) is -0.623. The molecule has 4 heteroatoms. The molecule has 0 atom stereocenters. The lowest BCUT2D eigenvalue weighted by Gasteiger charge is -1.98. The molecule has 1 aromatic rings. The number of amides is 1. The number of nitrogens with two attached hydrogens (primary N) is 2. The monoisotopic (exact) mass is 279 g/mol. The van der Waals surface area contributed by atoms with Gasteiger partial charge >= 0.3 is 0 Å². The summed E-state index contributed by atoms with van der Waals surface area (Å²) in [5, 5.41) is 0. The summed E-state index contributed by atoms with van der Waals surface area (Å²) in [4.78, 5) is 14.7. The first-order valence-corrected chi connectivity index (χ1v) is 7.27. The van der Waals surface area contributed by atoms with Gasteiger partial charge in [0.15, 0.2) is 5.96 Å². The van der Waals surface area contributed by atoms with Crippen molar-refractivity contribution in [1.82, 2.24) is 0 Å². The lowest BCUT2D eigenvalue weighted by Crippen LogP contribution is -2.24. The van der Waals surface area contributed by atoms with E-state index in [0.717, 1.165) is 6.42 Å². The van der Waals surface area contributed by atoms with Crippen molar-refractivity contribution < 1.29 is 4.79 Å². The molecule has 0 bridgehead atoms. The molecule has 0 aliphatic heterocycles. The number of hydrogen-bond acceptors (Lipinski definition) is 1. The molecule has 1 amide bonds. The lowest BCUT2D eigenvalue weighted by molar-refractivity contribution is 0.100. The van der Waals surface area contributed by atoms with Crippen molar-refractivity contribution in [2.45, 2.75) is 53.9 Å². The maximum atomic E-state index is 11.3. The molecule has 4 N–H and O–H groups in total. The van der Waals surface area contributed by atoms with Gasteiger partial charge in [0.1, 0.15) is 0 Å². The van der Waals surface area contributed by atoms with Gasteiger partial charge in [-0.25, -0.2) is 0 Å². The lowest BCUT2D eigenvalue weighted by atomic mass is 10.1. The highest BCUT2D eigenvalue weighted by Crippen LogP contribution is 2.06. The van der Waals surface area contributed by atoms with Gasteiger partial charge in [-0.3, -0.25) is 4.79 Å². The minimum Gasteiger partial charge on any atom is -0.370 e. The van der Waals surface area contributed by atoms with Gasteiger partial charge in [-0.2, -0.15) is 4.99 Å². The van der Waals surface area contributed by atoms with Crippen molar-refractivity contribution in [3.8, 4) is 0 Å². The highest BCUT2D eigenvalue weighted by atomic mass is 16.1. The number of rotatable bonds is 3. The number of carbonyl (C=O) groups is 1. The fourth-order valence-corrected chi connectivity index (χ4v) is 1.06. The molecule has 0 saturated carbocycles. The Bertz CT molecular complexity index is 377. The molecule has 114 valence electrons. The average Bonchev–Trinajstić information content (AvgIpc) is 2.49. The van der Waals surface area contributed by atoms with Crippen LogP contribution in [-0.2, 0) is 6.42 Å². The highest BCUT2D eigenvalue weighted by molar-refractivity contribution is 6.01. The summed E-state index contributed by atoms with van der Waals surface area (Å²) >= 11 is 0. The molecular formula is C16H29N3O. The van der Waals surface area contributed by atoms with E-state index in [2.05, 4.69) is 18.8 Å². The van der Waals surface area contributed by atoms with Crippen LogP contribution in [0.1, 0.15) is 63.4 Å². The van der Waals surface area contributed by atoms with E-state index in [1.54, 1.807) is 12.1 Å². The molecule has 20 heavy (non-hydrogen) atoms. The Morgan fingerprint density at radius 2 is 1.45 bits per heavy atom. The van der Waals surface area contributed by atoms with Crippen LogP contribution in [0.3, 0.4) is 0 Å². The van der Waals surface area contributed by atoms with Crippen LogP contribution in [0.25, 0.3) is 0 Å². The van der Waals surface area contributed by atoms with E-state index in [4.69, 9.17) is 11.5 Å². The zero-order chi connectivity index (χ0) is 16.0. The van der Waals surface area contributed by atoms with Gasteiger partial charge in [0.25, 0.3) is 5.91 Å². The second-order valence-electron chi connectivity index (χ2n) is 3.89. The number of carbonyl (C=O) groups excluding carboxylic acids is 1. The minimum absolute atomic E-state index is 0.213. The van der Waals surface area contributed by atoms with E-state index in [1.807, 2.05) is 32.9 Å². The maximum absolute atomic E-state index is 11.3. The van der Waals surface area contributed by atoms with E-state index in [9.17, 15) is 4.79 Å². The molecular weight excluding hydrogens is 250 g/mol.